The van der Waals surface area contributed by atoms with Crippen LogP contribution < -0.4 is 0 Å². The Bertz CT molecular complexity index is 595. The zero-order chi connectivity index (χ0) is 14.1. The van der Waals surface area contributed by atoms with E-state index >= 15 is 0 Å². The number of tetrazole rings is 1. The number of thiophene rings is 1. The quantitative estimate of drug-likeness (QED) is 0.806. The molecule has 2 aromatic rings. The monoisotopic (exact) mass is 292 g/mol. The Morgan fingerprint density at radius 3 is 3.00 bits per heavy atom. The summed E-state index contributed by atoms with van der Waals surface area (Å²) in [5.74, 6) is 0.0612. The Balaban J connectivity index is 1.87. The molecule has 106 valence electrons. The molecule has 8 heteroatoms. The van der Waals surface area contributed by atoms with Crippen LogP contribution in [0.15, 0.2) is 17.8 Å². The van der Waals surface area contributed by atoms with E-state index in [0.29, 0.717) is 4.88 Å². The fraction of sp³-hybridized carbons (Fsp3) is 0.500. The van der Waals surface area contributed by atoms with Crippen molar-refractivity contribution in [1.29, 1.82) is 0 Å². The molecular formula is C12H16N6OS. The predicted molar refractivity (Wildman–Crippen MR) is 75.0 cm³/mol. The fourth-order valence-electron chi connectivity index (χ4n) is 2.49. The summed E-state index contributed by atoms with van der Waals surface area (Å²) >= 11 is 1.43. The Labute approximate surface area is 120 Å². The molecule has 0 aliphatic carbocycles. The highest BCUT2D eigenvalue weighted by Gasteiger charge is 2.29. The van der Waals surface area contributed by atoms with Gasteiger partial charge in [-0.15, -0.1) is 16.4 Å². The van der Waals surface area contributed by atoms with Crippen LogP contribution in [0.1, 0.15) is 16.6 Å². The van der Waals surface area contributed by atoms with Crippen molar-refractivity contribution < 1.29 is 4.79 Å². The second-order valence-electron chi connectivity index (χ2n) is 5.00. The molecule has 0 radical (unpaired) electrons. The molecule has 0 aromatic carbocycles. The number of carbonyl (C=O) groups excluding carboxylic acids is 1. The summed E-state index contributed by atoms with van der Waals surface area (Å²) in [5, 5.41) is 13.0. The van der Waals surface area contributed by atoms with Crippen LogP contribution in [0.2, 0.25) is 0 Å². The first kappa shape index (κ1) is 13.2. The van der Waals surface area contributed by atoms with Gasteiger partial charge < -0.3 is 9.80 Å². The van der Waals surface area contributed by atoms with Gasteiger partial charge in [0.1, 0.15) is 11.2 Å². The van der Waals surface area contributed by atoms with Crippen LogP contribution >= 0.6 is 11.3 Å². The van der Waals surface area contributed by atoms with Crippen molar-refractivity contribution in [2.24, 2.45) is 0 Å². The van der Waals surface area contributed by atoms with Crippen molar-refractivity contribution in [3.05, 3.63) is 22.7 Å². The van der Waals surface area contributed by atoms with E-state index in [1.54, 1.807) is 0 Å². The van der Waals surface area contributed by atoms with E-state index in [-0.39, 0.29) is 11.9 Å². The first-order valence-corrected chi connectivity index (χ1v) is 7.35. The van der Waals surface area contributed by atoms with E-state index in [1.807, 2.05) is 16.3 Å². The minimum absolute atomic E-state index is 0.0612. The standard InChI is InChI=1S/C12H16N6OS/c1-9-7-16(2)4-5-17(9)12(19)11-10(3-6-20-11)18-8-13-14-15-18/h3,6,8-9H,4-5,7H2,1-2H3. The van der Waals surface area contributed by atoms with Crippen LogP contribution in [0.25, 0.3) is 5.69 Å². The molecule has 0 N–H and O–H groups in total. The van der Waals surface area contributed by atoms with Crippen LogP contribution in [-0.4, -0.2) is 68.6 Å². The number of likely N-dealkylation sites (N-methyl/N-ethyl adjacent to an activating group) is 1. The number of nitrogens with zero attached hydrogens (tertiary/aromatic N) is 6. The lowest BCUT2D eigenvalue weighted by Crippen LogP contribution is -2.52. The van der Waals surface area contributed by atoms with Gasteiger partial charge >= 0.3 is 0 Å². The molecule has 2 aromatic heterocycles. The smallest absolute Gasteiger partial charge is 0.266 e. The molecule has 1 aliphatic heterocycles. The molecule has 1 atom stereocenters. The molecule has 1 amide bonds. The molecule has 1 fully saturated rings. The Hall–Kier alpha value is -1.80. The van der Waals surface area contributed by atoms with Crippen molar-refractivity contribution in [2.45, 2.75) is 13.0 Å². The van der Waals surface area contributed by atoms with Gasteiger partial charge in [-0.3, -0.25) is 4.79 Å². The highest BCUT2D eigenvalue weighted by molar-refractivity contribution is 7.12. The van der Waals surface area contributed by atoms with Gasteiger partial charge in [0.25, 0.3) is 5.91 Å². The third-order valence-electron chi connectivity index (χ3n) is 3.53. The van der Waals surface area contributed by atoms with E-state index in [0.717, 1.165) is 25.3 Å². The van der Waals surface area contributed by atoms with Gasteiger partial charge in [-0.2, -0.15) is 4.68 Å². The second kappa shape index (κ2) is 5.29. The summed E-state index contributed by atoms with van der Waals surface area (Å²) < 4.78 is 1.53. The SMILES string of the molecule is CC1CN(C)CCN1C(=O)c1sccc1-n1cnnn1. The van der Waals surface area contributed by atoms with E-state index in [1.165, 1.54) is 22.3 Å². The number of carbonyl (C=O) groups is 1. The average Bonchev–Trinajstić information content (AvgIpc) is 3.09. The normalized spacial score (nSPS) is 20.3. The minimum Gasteiger partial charge on any atom is -0.333 e. The zero-order valence-electron chi connectivity index (χ0n) is 11.4. The van der Waals surface area contributed by atoms with Crippen LogP contribution in [-0.2, 0) is 0 Å². The first-order chi connectivity index (χ1) is 9.66. The van der Waals surface area contributed by atoms with Crippen molar-refractivity contribution in [2.75, 3.05) is 26.7 Å². The van der Waals surface area contributed by atoms with E-state index < -0.39 is 0 Å². The number of rotatable bonds is 2. The summed E-state index contributed by atoms with van der Waals surface area (Å²) in [5.41, 5.74) is 0.746. The Morgan fingerprint density at radius 2 is 2.30 bits per heavy atom. The fourth-order valence-corrected chi connectivity index (χ4v) is 3.32. The Kier molecular flexibility index (Phi) is 3.49. The van der Waals surface area contributed by atoms with Gasteiger partial charge in [0.2, 0.25) is 0 Å². The summed E-state index contributed by atoms with van der Waals surface area (Å²) in [7, 11) is 2.08. The van der Waals surface area contributed by atoms with E-state index in [9.17, 15) is 4.79 Å². The van der Waals surface area contributed by atoms with E-state index in [4.69, 9.17) is 0 Å². The molecule has 1 aliphatic rings. The van der Waals surface area contributed by atoms with Crippen LogP contribution in [0, 0.1) is 0 Å². The third kappa shape index (κ3) is 2.32. The third-order valence-corrected chi connectivity index (χ3v) is 4.42. The molecule has 0 saturated carbocycles. The number of aromatic nitrogens is 4. The minimum atomic E-state index is 0.0612. The summed E-state index contributed by atoms with van der Waals surface area (Å²) in [6, 6.07) is 2.08. The molecule has 0 bridgehead atoms. The Morgan fingerprint density at radius 1 is 1.45 bits per heavy atom. The van der Waals surface area contributed by atoms with Crippen molar-refractivity contribution in [3.8, 4) is 5.69 Å². The number of piperazine rings is 1. The summed E-state index contributed by atoms with van der Waals surface area (Å²) in [6.45, 7) is 4.64. The lowest BCUT2D eigenvalue weighted by Gasteiger charge is -2.38. The highest BCUT2D eigenvalue weighted by atomic mass is 32.1. The van der Waals surface area contributed by atoms with Crippen LogP contribution in [0.4, 0.5) is 0 Å². The van der Waals surface area contributed by atoms with Crippen molar-refractivity contribution in [1.82, 2.24) is 30.0 Å². The average molecular weight is 292 g/mol. The lowest BCUT2D eigenvalue weighted by atomic mass is 10.2. The van der Waals surface area contributed by atoms with Gasteiger partial charge in [0, 0.05) is 25.7 Å². The van der Waals surface area contributed by atoms with Crippen LogP contribution in [0.5, 0.6) is 0 Å². The molecule has 0 spiro atoms. The van der Waals surface area contributed by atoms with Gasteiger partial charge in [-0.1, -0.05) is 0 Å². The highest BCUT2D eigenvalue weighted by Crippen LogP contribution is 2.23. The van der Waals surface area contributed by atoms with Crippen molar-refractivity contribution in [3.63, 3.8) is 0 Å². The summed E-state index contributed by atoms with van der Waals surface area (Å²) in [6.07, 6.45) is 1.51. The summed E-state index contributed by atoms with van der Waals surface area (Å²) in [4.78, 5) is 17.6. The number of amides is 1. The van der Waals surface area contributed by atoms with Crippen molar-refractivity contribution >= 4 is 17.2 Å². The number of hydrogen-bond donors (Lipinski definition) is 0. The lowest BCUT2D eigenvalue weighted by molar-refractivity contribution is 0.0538. The molecule has 1 saturated heterocycles. The molecule has 1 unspecified atom stereocenters. The molecule has 7 nitrogen and oxygen atoms in total. The van der Waals surface area contributed by atoms with Crippen LogP contribution in [0.3, 0.4) is 0 Å². The first-order valence-electron chi connectivity index (χ1n) is 6.47. The zero-order valence-corrected chi connectivity index (χ0v) is 12.2. The second-order valence-corrected chi connectivity index (χ2v) is 5.92. The molecular weight excluding hydrogens is 276 g/mol. The topological polar surface area (TPSA) is 67.2 Å². The maximum Gasteiger partial charge on any atom is 0.266 e. The molecule has 3 heterocycles. The maximum atomic E-state index is 12.7. The van der Waals surface area contributed by atoms with Gasteiger partial charge in [-0.25, -0.2) is 0 Å². The molecule has 20 heavy (non-hydrogen) atoms. The largest absolute Gasteiger partial charge is 0.333 e. The van der Waals surface area contributed by atoms with Gasteiger partial charge in [0.05, 0.1) is 5.69 Å². The van der Waals surface area contributed by atoms with Gasteiger partial charge in [-0.05, 0) is 35.8 Å². The van der Waals surface area contributed by atoms with Gasteiger partial charge in [0.15, 0.2) is 0 Å². The maximum absolute atomic E-state index is 12.7. The predicted octanol–water partition coefficient (Wildman–Crippen LogP) is 0.500. The van der Waals surface area contributed by atoms with E-state index in [2.05, 4.69) is 34.4 Å². The number of hydrogen-bond acceptors (Lipinski definition) is 6. The molecule has 3 rings (SSSR count).